The summed E-state index contributed by atoms with van der Waals surface area (Å²) in [7, 11) is 0. The predicted octanol–water partition coefficient (Wildman–Crippen LogP) is 0.888. The van der Waals surface area contributed by atoms with Gasteiger partial charge in [-0.3, -0.25) is 19.7 Å². The molecule has 0 saturated carbocycles. The Morgan fingerprint density at radius 2 is 1.94 bits per heavy atom. The van der Waals surface area contributed by atoms with Gasteiger partial charge in [-0.05, 0) is 12.1 Å². The van der Waals surface area contributed by atoms with Gasteiger partial charge >= 0.3 is 5.97 Å². The molecule has 18 heavy (non-hydrogen) atoms. The van der Waals surface area contributed by atoms with Crippen molar-refractivity contribution < 1.29 is 19.6 Å². The highest BCUT2D eigenvalue weighted by Gasteiger charge is 2.07. The van der Waals surface area contributed by atoms with E-state index in [1.165, 1.54) is 36.0 Å². The predicted molar refractivity (Wildman–Crippen MR) is 64.5 cm³/mol. The molecule has 1 amide bonds. The van der Waals surface area contributed by atoms with Gasteiger partial charge in [0.05, 0.1) is 10.7 Å². The zero-order valence-corrected chi connectivity index (χ0v) is 9.98. The number of amides is 1. The minimum absolute atomic E-state index is 0.0188. The molecule has 0 spiro atoms. The lowest BCUT2D eigenvalue weighted by atomic mass is 10.3. The number of nitro benzene ring substituents is 1. The number of hydrogen-bond donors (Lipinski definition) is 2. The van der Waals surface area contributed by atoms with Gasteiger partial charge in [-0.25, -0.2) is 0 Å². The van der Waals surface area contributed by atoms with Gasteiger partial charge < -0.3 is 10.4 Å². The number of nitro groups is 1. The molecule has 1 rings (SSSR count). The Hall–Kier alpha value is -2.09. The third-order valence-corrected chi connectivity index (χ3v) is 2.87. The molecular weight excluding hydrogens is 260 g/mol. The quantitative estimate of drug-likeness (QED) is 0.451. The number of benzene rings is 1. The van der Waals surface area contributed by atoms with Crippen LogP contribution in [0.2, 0.25) is 0 Å². The van der Waals surface area contributed by atoms with E-state index in [9.17, 15) is 19.7 Å². The lowest BCUT2D eigenvalue weighted by Gasteiger charge is -2.02. The number of nitrogens with zero attached hydrogens (tertiary/aromatic N) is 1. The second kappa shape index (κ2) is 6.60. The van der Waals surface area contributed by atoms with Crippen molar-refractivity contribution in [3.05, 3.63) is 34.4 Å². The van der Waals surface area contributed by atoms with Gasteiger partial charge in [0.25, 0.3) is 5.69 Å². The first-order chi connectivity index (χ1) is 8.49. The van der Waals surface area contributed by atoms with Crippen LogP contribution in [-0.2, 0) is 9.59 Å². The fourth-order valence-corrected chi connectivity index (χ4v) is 1.77. The Labute approximate surface area is 106 Å². The lowest BCUT2D eigenvalue weighted by Crippen LogP contribution is -2.30. The van der Waals surface area contributed by atoms with Crippen LogP contribution in [0.3, 0.4) is 0 Å². The highest BCUT2D eigenvalue weighted by atomic mass is 32.2. The van der Waals surface area contributed by atoms with Crippen molar-refractivity contribution in [2.75, 3.05) is 12.3 Å². The molecule has 0 fully saturated rings. The highest BCUT2D eigenvalue weighted by Crippen LogP contribution is 2.20. The minimum atomic E-state index is -1.11. The van der Waals surface area contributed by atoms with Crippen molar-refractivity contribution in [1.82, 2.24) is 5.32 Å². The van der Waals surface area contributed by atoms with Crippen molar-refractivity contribution in [3.8, 4) is 0 Å². The largest absolute Gasteiger partial charge is 0.480 e. The molecule has 2 N–H and O–H groups in total. The molecular formula is C10H10N2O5S. The summed E-state index contributed by atoms with van der Waals surface area (Å²) in [4.78, 5) is 32.0. The van der Waals surface area contributed by atoms with Crippen LogP contribution >= 0.6 is 11.8 Å². The fraction of sp³-hybridized carbons (Fsp3) is 0.200. The summed E-state index contributed by atoms with van der Waals surface area (Å²) < 4.78 is 0. The maximum atomic E-state index is 11.2. The second-order valence-corrected chi connectivity index (χ2v) is 4.26. The first kappa shape index (κ1) is 14.0. The SMILES string of the molecule is O=C(O)CNC(=O)CSc1ccc([N+](=O)[O-])cc1. The molecule has 0 aromatic heterocycles. The summed E-state index contributed by atoms with van der Waals surface area (Å²) in [6.45, 7) is -0.417. The van der Waals surface area contributed by atoms with E-state index < -0.39 is 23.3 Å². The Bertz CT molecular complexity index is 460. The minimum Gasteiger partial charge on any atom is -0.480 e. The molecule has 1 aromatic rings. The second-order valence-electron chi connectivity index (χ2n) is 3.21. The number of hydrogen-bond acceptors (Lipinski definition) is 5. The molecule has 0 aliphatic rings. The van der Waals surface area contributed by atoms with Crippen LogP contribution in [0.5, 0.6) is 0 Å². The molecule has 96 valence electrons. The monoisotopic (exact) mass is 270 g/mol. The van der Waals surface area contributed by atoms with Gasteiger partial charge in [0.2, 0.25) is 5.91 Å². The smallest absolute Gasteiger partial charge is 0.322 e. The summed E-state index contributed by atoms with van der Waals surface area (Å²) in [6.07, 6.45) is 0. The van der Waals surface area contributed by atoms with Gasteiger partial charge in [0.1, 0.15) is 6.54 Å². The number of rotatable bonds is 6. The van der Waals surface area contributed by atoms with Crippen molar-refractivity contribution in [2.24, 2.45) is 0 Å². The van der Waals surface area contributed by atoms with Crippen molar-refractivity contribution in [3.63, 3.8) is 0 Å². The van der Waals surface area contributed by atoms with Crippen molar-refractivity contribution in [2.45, 2.75) is 4.90 Å². The zero-order chi connectivity index (χ0) is 13.5. The number of carbonyl (C=O) groups excluding carboxylic acids is 1. The summed E-state index contributed by atoms with van der Waals surface area (Å²) in [5.74, 6) is -1.45. The average molecular weight is 270 g/mol. The number of non-ortho nitro benzene ring substituents is 1. The maximum absolute atomic E-state index is 11.2. The first-order valence-electron chi connectivity index (χ1n) is 4.85. The molecule has 0 unspecified atom stereocenters. The van der Waals surface area contributed by atoms with E-state index >= 15 is 0 Å². The number of aliphatic carboxylic acids is 1. The van der Waals surface area contributed by atoms with Gasteiger partial charge in [0, 0.05) is 17.0 Å². The Balaban J connectivity index is 2.41. The topological polar surface area (TPSA) is 110 Å². The van der Waals surface area contributed by atoms with E-state index in [0.717, 1.165) is 0 Å². The summed E-state index contributed by atoms with van der Waals surface area (Å²) in [5.41, 5.74) is -0.0188. The molecule has 0 atom stereocenters. The Kier molecular flexibility index (Phi) is 5.12. The number of thioether (sulfide) groups is 1. The molecule has 8 heteroatoms. The van der Waals surface area contributed by atoms with Crippen LogP contribution in [0.1, 0.15) is 0 Å². The van der Waals surface area contributed by atoms with Crippen LogP contribution < -0.4 is 5.32 Å². The summed E-state index contributed by atoms with van der Waals surface area (Å²) in [6, 6.07) is 5.76. The Morgan fingerprint density at radius 1 is 1.33 bits per heavy atom. The van der Waals surface area contributed by atoms with E-state index in [2.05, 4.69) is 5.32 Å². The highest BCUT2D eigenvalue weighted by molar-refractivity contribution is 8.00. The number of carbonyl (C=O) groups is 2. The van der Waals surface area contributed by atoms with Crippen LogP contribution in [-0.4, -0.2) is 34.2 Å². The van der Waals surface area contributed by atoms with Crippen molar-refractivity contribution in [1.29, 1.82) is 0 Å². The molecule has 0 radical (unpaired) electrons. The average Bonchev–Trinajstić information content (AvgIpc) is 2.34. The third kappa shape index (κ3) is 4.83. The van der Waals surface area contributed by atoms with Gasteiger partial charge in [0.15, 0.2) is 0 Å². The fourth-order valence-electron chi connectivity index (χ4n) is 1.04. The molecule has 0 bridgehead atoms. The molecule has 1 aromatic carbocycles. The van der Waals surface area contributed by atoms with Crippen molar-refractivity contribution >= 4 is 29.3 Å². The molecule has 0 saturated heterocycles. The van der Waals surface area contributed by atoms with Crippen LogP contribution in [0.4, 0.5) is 5.69 Å². The molecule has 0 aliphatic carbocycles. The molecule has 7 nitrogen and oxygen atoms in total. The van der Waals surface area contributed by atoms with Crippen LogP contribution in [0, 0.1) is 10.1 Å². The first-order valence-corrected chi connectivity index (χ1v) is 5.83. The van der Waals surface area contributed by atoms with E-state index in [4.69, 9.17) is 5.11 Å². The lowest BCUT2D eigenvalue weighted by molar-refractivity contribution is -0.384. The van der Waals surface area contributed by atoms with Gasteiger partial charge in [-0.15, -0.1) is 11.8 Å². The Morgan fingerprint density at radius 3 is 2.44 bits per heavy atom. The third-order valence-electron chi connectivity index (χ3n) is 1.85. The maximum Gasteiger partial charge on any atom is 0.322 e. The van der Waals surface area contributed by atoms with Crippen LogP contribution in [0.15, 0.2) is 29.2 Å². The van der Waals surface area contributed by atoms with E-state index in [1.54, 1.807) is 0 Å². The number of nitrogens with one attached hydrogen (secondary N) is 1. The van der Waals surface area contributed by atoms with E-state index in [1.807, 2.05) is 0 Å². The molecule has 0 heterocycles. The summed E-state index contributed by atoms with van der Waals surface area (Å²) >= 11 is 1.17. The van der Waals surface area contributed by atoms with Crippen LogP contribution in [0.25, 0.3) is 0 Å². The normalized spacial score (nSPS) is 9.78. The number of carboxylic acids is 1. The van der Waals surface area contributed by atoms with E-state index in [-0.39, 0.29) is 11.4 Å². The summed E-state index contributed by atoms with van der Waals surface area (Å²) in [5, 5.41) is 21.0. The molecule has 0 aliphatic heterocycles. The van der Waals surface area contributed by atoms with Gasteiger partial charge in [-0.1, -0.05) is 0 Å². The van der Waals surface area contributed by atoms with Gasteiger partial charge in [-0.2, -0.15) is 0 Å². The zero-order valence-electron chi connectivity index (χ0n) is 9.16. The standard InChI is InChI=1S/C10H10N2O5S/c13-9(11-5-10(14)15)6-18-8-3-1-7(2-4-8)12(16)17/h1-4H,5-6H2,(H,11,13)(H,14,15). The van der Waals surface area contributed by atoms with E-state index in [0.29, 0.717) is 4.90 Å². The number of carboxylic acid groups (broad SMARTS) is 1.